The van der Waals surface area contributed by atoms with Crippen LogP contribution < -0.4 is 5.32 Å². The van der Waals surface area contributed by atoms with Crippen molar-refractivity contribution in [2.24, 2.45) is 0 Å². The topological polar surface area (TPSA) is 75.2 Å². The number of carbonyl (C=O) groups excluding carboxylic acids is 2. The van der Waals surface area contributed by atoms with E-state index in [-0.39, 0.29) is 22.7 Å². The molecule has 0 aliphatic carbocycles. The molecule has 1 N–H and O–H groups in total. The van der Waals surface area contributed by atoms with Gasteiger partial charge in [0.05, 0.1) is 5.56 Å². The van der Waals surface area contributed by atoms with E-state index in [1.165, 1.54) is 6.33 Å². The van der Waals surface area contributed by atoms with E-state index >= 15 is 0 Å². The number of amides is 1. The zero-order valence-electron chi connectivity index (χ0n) is 9.18. The van der Waals surface area contributed by atoms with Crippen LogP contribution in [0, 0.1) is 0 Å². The van der Waals surface area contributed by atoms with E-state index in [9.17, 15) is 9.59 Å². The van der Waals surface area contributed by atoms with Crippen LogP contribution in [0.1, 0.15) is 16.8 Å². The minimum atomic E-state index is -0.357. The summed E-state index contributed by atoms with van der Waals surface area (Å²) < 4.78 is 0. The second kappa shape index (κ2) is 4.67. The van der Waals surface area contributed by atoms with Crippen LogP contribution in [0.25, 0.3) is 0 Å². The molecule has 0 bridgehead atoms. The lowest BCUT2D eigenvalue weighted by Gasteiger charge is -2.13. The molecule has 7 heteroatoms. The highest BCUT2D eigenvalue weighted by molar-refractivity contribution is 6.32. The molecule has 1 aromatic heterocycles. The molecular weight excluding hydrogens is 244 g/mol. The molecule has 2 heterocycles. The maximum absolute atomic E-state index is 11.7. The van der Waals surface area contributed by atoms with Crippen molar-refractivity contribution >= 4 is 29.6 Å². The Kier molecular flexibility index (Phi) is 3.23. The number of halogens is 1. The molecule has 1 aliphatic heterocycles. The molecule has 90 valence electrons. The summed E-state index contributed by atoms with van der Waals surface area (Å²) in [7, 11) is 1.73. The van der Waals surface area contributed by atoms with E-state index < -0.39 is 0 Å². The normalized spacial score (nSPS) is 19.5. The molecule has 1 amide bonds. The predicted octanol–water partition coefficient (Wildman–Crippen LogP) is 0.585. The Labute approximate surface area is 103 Å². The summed E-state index contributed by atoms with van der Waals surface area (Å²) in [5, 5.41) is 3.00. The third-order valence-electron chi connectivity index (χ3n) is 2.69. The number of likely N-dealkylation sites (N-methyl/N-ethyl adjacent to an activating group) is 1. The van der Waals surface area contributed by atoms with Crippen LogP contribution in [-0.4, -0.2) is 46.7 Å². The largest absolute Gasteiger partial charge is 0.358 e. The first-order valence-corrected chi connectivity index (χ1v) is 5.48. The second-order valence-corrected chi connectivity index (χ2v) is 4.15. The number of rotatable bonds is 3. The van der Waals surface area contributed by atoms with Gasteiger partial charge in [-0.05, 0) is 6.42 Å². The standard InChI is InChI=1S/C10H11ClN4O2/c1-15-3-2-7(10(15)17)14-9-6(4-16)8(11)12-5-13-9/h4-5,7H,2-3H2,1H3,(H,12,13,14). The van der Waals surface area contributed by atoms with Crippen molar-refractivity contribution in [3.8, 4) is 0 Å². The quantitative estimate of drug-likeness (QED) is 0.631. The third-order valence-corrected chi connectivity index (χ3v) is 2.99. The van der Waals surface area contributed by atoms with Gasteiger partial charge < -0.3 is 10.2 Å². The lowest BCUT2D eigenvalue weighted by molar-refractivity contribution is -0.127. The second-order valence-electron chi connectivity index (χ2n) is 3.79. The van der Waals surface area contributed by atoms with Gasteiger partial charge in [0.15, 0.2) is 6.29 Å². The van der Waals surface area contributed by atoms with Crippen LogP contribution in [0.4, 0.5) is 5.82 Å². The van der Waals surface area contributed by atoms with Gasteiger partial charge in [-0.1, -0.05) is 11.6 Å². The SMILES string of the molecule is CN1CCC(Nc2ncnc(Cl)c2C=O)C1=O. The molecule has 2 rings (SSSR count). The van der Waals surface area contributed by atoms with Crippen LogP contribution in [0.3, 0.4) is 0 Å². The summed E-state index contributed by atoms with van der Waals surface area (Å²) in [6.07, 6.45) is 2.50. The van der Waals surface area contributed by atoms with Crippen molar-refractivity contribution in [2.45, 2.75) is 12.5 Å². The summed E-state index contributed by atoms with van der Waals surface area (Å²) in [6.45, 7) is 0.686. The number of hydrogen-bond acceptors (Lipinski definition) is 5. The lowest BCUT2D eigenvalue weighted by Crippen LogP contribution is -2.31. The Hall–Kier alpha value is -1.69. The van der Waals surface area contributed by atoms with Crippen molar-refractivity contribution in [2.75, 3.05) is 18.9 Å². The molecule has 1 saturated heterocycles. The molecule has 1 aromatic rings. The van der Waals surface area contributed by atoms with Crippen LogP contribution in [0.15, 0.2) is 6.33 Å². The Morgan fingerprint density at radius 2 is 2.35 bits per heavy atom. The van der Waals surface area contributed by atoms with E-state index in [0.29, 0.717) is 25.1 Å². The lowest BCUT2D eigenvalue weighted by atomic mass is 10.2. The third kappa shape index (κ3) is 2.21. The molecule has 1 unspecified atom stereocenters. The van der Waals surface area contributed by atoms with Crippen LogP contribution in [-0.2, 0) is 4.79 Å². The molecular formula is C10H11ClN4O2. The van der Waals surface area contributed by atoms with E-state index in [1.54, 1.807) is 11.9 Å². The van der Waals surface area contributed by atoms with Crippen molar-refractivity contribution in [1.82, 2.24) is 14.9 Å². The molecule has 0 aromatic carbocycles. The number of nitrogens with zero attached hydrogens (tertiary/aromatic N) is 3. The molecule has 0 radical (unpaired) electrons. The maximum atomic E-state index is 11.7. The highest BCUT2D eigenvalue weighted by atomic mass is 35.5. The zero-order chi connectivity index (χ0) is 12.4. The smallest absolute Gasteiger partial charge is 0.244 e. The van der Waals surface area contributed by atoms with Gasteiger partial charge in [-0.3, -0.25) is 9.59 Å². The maximum Gasteiger partial charge on any atom is 0.244 e. The monoisotopic (exact) mass is 254 g/mol. The highest BCUT2D eigenvalue weighted by Crippen LogP contribution is 2.20. The van der Waals surface area contributed by atoms with Crippen molar-refractivity contribution in [1.29, 1.82) is 0 Å². The van der Waals surface area contributed by atoms with Gasteiger partial charge in [-0.2, -0.15) is 0 Å². The fourth-order valence-electron chi connectivity index (χ4n) is 1.71. The minimum Gasteiger partial charge on any atom is -0.358 e. The van der Waals surface area contributed by atoms with Crippen molar-refractivity contribution in [3.63, 3.8) is 0 Å². The van der Waals surface area contributed by atoms with Gasteiger partial charge in [0.2, 0.25) is 5.91 Å². The van der Waals surface area contributed by atoms with Gasteiger partial charge in [0.25, 0.3) is 0 Å². The molecule has 0 spiro atoms. The fourth-order valence-corrected chi connectivity index (χ4v) is 1.89. The predicted molar refractivity (Wildman–Crippen MR) is 62.1 cm³/mol. The Balaban J connectivity index is 2.22. The first kappa shape index (κ1) is 11.8. The average Bonchev–Trinajstić information content (AvgIpc) is 2.61. The first-order valence-electron chi connectivity index (χ1n) is 5.10. The summed E-state index contributed by atoms with van der Waals surface area (Å²) in [5.74, 6) is 0.283. The molecule has 1 fully saturated rings. The van der Waals surface area contributed by atoms with Crippen LogP contribution in [0.5, 0.6) is 0 Å². The number of aldehydes is 1. The number of likely N-dealkylation sites (tertiary alicyclic amines) is 1. The summed E-state index contributed by atoms with van der Waals surface area (Å²) in [4.78, 5) is 31.8. The van der Waals surface area contributed by atoms with Gasteiger partial charge in [0, 0.05) is 13.6 Å². The minimum absolute atomic E-state index is 0.0171. The van der Waals surface area contributed by atoms with E-state index in [1.807, 2.05) is 0 Å². The Morgan fingerprint density at radius 1 is 1.59 bits per heavy atom. The number of aromatic nitrogens is 2. The number of hydrogen-bond donors (Lipinski definition) is 1. The summed E-state index contributed by atoms with van der Waals surface area (Å²) in [5.41, 5.74) is 0.177. The summed E-state index contributed by atoms with van der Waals surface area (Å²) in [6, 6.07) is -0.357. The Morgan fingerprint density at radius 3 is 2.94 bits per heavy atom. The fraction of sp³-hybridized carbons (Fsp3) is 0.400. The van der Waals surface area contributed by atoms with Crippen LogP contribution in [0.2, 0.25) is 5.15 Å². The molecule has 1 aliphatic rings. The van der Waals surface area contributed by atoms with Crippen molar-refractivity contribution in [3.05, 3.63) is 17.0 Å². The zero-order valence-corrected chi connectivity index (χ0v) is 9.94. The number of carbonyl (C=O) groups is 2. The molecule has 0 saturated carbocycles. The first-order chi connectivity index (χ1) is 8.13. The number of anilines is 1. The van der Waals surface area contributed by atoms with Gasteiger partial charge in [-0.15, -0.1) is 0 Å². The summed E-state index contributed by atoms with van der Waals surface area (Å²) >= 11 is 5.76. The van der Waals surface area contributed by atoms with Crippen LogP contribution >= 0.6 is 11.6 Å². The van der Waals surface area contributed by atoms with Gasteiger partial charge in [0.1, 0.15) is 23.3 Å². The average molecular weight is 255 g/mol. The molecule has 6 nitrogen and oxygen atoms in total. The van der Waals surface area contributed by atoms with E-state index in [0.717, 1.165) is 0 Å². The molecule has 17 heavy (non-hydrogen) atoms. The van der Waals surface area contributed by atoms with Gasteiger partial charge in [-0.25, -0.2) is 9.97 Å². The molecule has 1 atom stereocenters. The Bertz CT molecular complexity index is 466. The highest BCUT2D eigenvalue weighted by Gasteiger charge is 2.29. The van der Waals surface area contributed by atoms with Crippen molar-refractivity contribution < 1.29 is 9.59 Å². The van der Waals surface area contributed by atoms with Gasteiger partial charge >= 0.3 is 0 Å². The van der Waals surface area contributed by atoms with E-state index in [4.69, 9.17) is 11.6 Å². The number of nitrogens with one attached hydrogen (secondary N) is 1. The van der Waals surface area contributed by atoms with E-state index in [2.05, 4.69) is 15.3 Å².